The van der Waals surface area contributed by atoms with Crippen molar-refractivity contribution in [1.82, 2.24) is 10.6 Å². The Kier molecular flexibility index (Phi) is 9.86. The van der Waals surface area contributed by atoms with Crippen molar-refractivity contribution in [1.29, 1.82) is 0 Å². The summed E-state index contributed by atoms with van der Waals surface area (Å²) in [6.45, 7) is 6.54. The summed E-state index contributed by atoms with van der Waals surface area (Å²) in [5, 5.41) is 6.09. The second kappa shape index (κ2) is 10.5. The van der Waals surface area contributed by atoms with Crippen molar-refractivity contribution >= 4 is 18.3 Å². The van der Waals surface area contributed by atoms with E-state index in [-0.39, 0.29) is 24.2 Å². The van der Waals surface area contributed by atoms with Gasteiger partial charge in [0, 0.05) is 19.5 Å². The Hall–Kier alpha value is -1.26. The van der Waals surface area contributed by atoms with Crippen LogP contribution in [0.25, 0.3) is 0 Å². The topological polar surface area (TPSA) is 50.4 Å². The van der Waals surface area contributed by atoms with Crippen LogP contribution in [0.4, 0.5) is 0 Å². The quantitative estimate of drug-likeness (QED) is 0.725. The van der Waals surface area contributed by atoms with Crippen LogP contribution in [-0.2, 0) is 4.79 Å². The van der Waals surface area contributed by atoms with Crippen LogP contribution in [0.1, 0.15) is 31.7 Å². The Morgan fingerprint density at radius 2 is 1.90 bits per heavy atom. The van der Waals surface area contributed by atoms with Gasteiger partial charge in [0.25, 0.3) is 0 Å². The first kappa shape index (κ1) is 18.7. The number of hydrogen-bond donors (Lipinski definition) is 2. The molecule has 4 nitrogen and oxygen atoms in total. The van der Waals surface area contributed by atoms with Gasteiger partial charge in [-0.2, -0.15) is 0 Å². The predicted molar refractivity (Wildman–Crippen MR) is 84.8 cm³/mol. The summed E-state index contributed by atoms with van der Waals surface area (Å²) in [6, 6.07) is 7.87. The van der Waals surface area contributed by atoms with Gasteiger partial charge in [0.05, 0.1) is 7.11 Å². The molecule has 1 amide bonds. The van der Waals surface area contributed by atoms with E-state index < -0.39 is 0 Å². The molecular weight excluding hydrogens is 276 g/mol. The largest absolute Gasteiger partial charge is 0.497 e. The number of methoxy groups -OCH3 is 1. The molecule has 0 aliphatic heterocycles. The van der Waals surface area contributed by atoms with Crippen molar-refractivity contribution in [2.75, 3.05) is 26.7 Å². The lowest BCUT2D eigenvalue weighted by Gasteiger charge is -2.12. The maximum atomic E-state index is 11.7. The number of carbonyl (C=O) groups excluding carboxylic acids is 1. The van der Waals surface area contributed by atoms with E-state index in [1.807, 2.05) is 31.2 Å². The molecular formula is C15H25ClN2O2. The van der Waals surface area contributed by atoms with E-state index in [1.54, 1.807) is 7.11 Å². The third-order valence-corrected chi connectivity index (χ3v) is 3.05. The third kappa shape index (κ3) is 6.78. The number of carbonyl (C=O) groups is 1. The Morgan fingerprint density at radius 1 is 1.25 bits per heavy atom. The fraction of sp³-hybridized carbons (Fsp3) is 0.533. The molecule has 1 aromatic rings. The van der Waals surface area contributed by atoms with Gasteiger partial charge in [0.15, 0.2) is 0 Å². The molecule has 5 heteroatoms. The molecule has 0 aliphatic carbocycles. The SMILES string of the molecule is CCNCCNC(=O)CC(C)c1ccc(OC)cc1.Cl. The zero-order chi connectivity index (χ0) is 14.1. The van der Waals surface area contributed by atoms with Crippen LogP contribution in [-0.4, -0.2) is 32.7 Å². The molecule has 1 rings (SSSR count). The second-order valence-corrected chi connectivity index (χ2v) is 4.58. The van der Waals surface area contributed by atoms with Crippen LogP contribution in [0.3, 0.4) is 0 Å². The Labute approximate surface area is 127 Å². The summed E-state index contributed by atoms with van der Waals surface area (Å²) in [4.78, 5) is 11.7. The molecule has 0 aromatic heterocycles. The van der Waals surface area contributed by atoms with E-state index in [4.69, 9.17) is 4.74 Å². The first-order valence-electron chi connectivity index (χ1n) is 6.78. The summed E-state index contributed by atoms with van der Waals surface area (Å²) >= 11 is 0. The van der Waals surface area contributed by atoms with Crippen LogP contribution in [0.15, 0.2) is 24.3 Å². The fourth-order valence-corrected chi connectivity index (χ4v) is 1.87. The number of amides is 1. The van der Waals surface area contributed by atoms with Crippen LogP contribution in [0.5, 0.6) is 5.75 Å². The van der Waals surface area contributed by atoms with E-state index in [0.717, 1.165) is 24.4 Å². The van der Waals surface area contributed by atoms with Crippen LogP contribution >= 0.6 is 12.4 Å². The van der Waals surface area contributed by atoms with Gasteiger partial charge < -0.3 is 15.4 Å². The van der Waals surface area contributed by atoms with Crippen molar-refractivity contribution < 1.29 is 9.53 Å². The fourth-order valence-electron chi connectivity index (χ4n) is 1.87. The number of rotatable bonds is 8. The molecule has 0 saturated heterocycles. The molecule has 0 fully saturated rings. The highest BCUT2D eigenvalue weighted by atomic mass is 35.5. The number of benzene rings is 1. The van der Waals surface area contributed by atoms with E-state index in [0.29, 0.717) is 13.0 Å². The van der Waals surface area contributed by atoms with E-state index in [2.05, 4.69) is 17.6 Å². The first-order chi connectivity index (χ1) is 9.17. The molecule has 1 aromatic carbocycles. The van der Waals surface area contributed by atoms with Crippen molar-refractivity contribution in [2.45, 2.75) is 26.2 Å². The van der Waals surface area contributed by atoms with Gasteiger partial charge >= 0.3 is 0 Å². The van der Waals surface area contributed by atoms with Gasteiger partial charge in [0.1, 0.15) is 5.75 Å². The number of likely N-dealkylation sites (N-methyl/N-ethyl adjacent to an activating group) is 1. The highest BCUT2D eigenvalue weighted by Crippen LogP contribution is 2.21. The highest BCUT2D eigenvalue weighted by molar-refractivity contribution is 5.85. The molecule has 1 unspecified atom stereocenters. The highest BCUT2D eigenvalue weighted by Gasteiger charge is 2.10. The summed E-state index contributed by atoms with van der Waals surface area (Å²) in [5.41, 5.74) is 1.16. The van der Waals surface area contributed by atoms with Crippen LogP contribution in [0.2, 0.25) is 0 Å². The molecule has 0 heterocycles. The molecule has 20 heavy (non-hydrogen) atoms. The first-order valence-corrected chi connectivity index (χ1v) is 6.78. The normalized spacial score (nSPS) is 11.3. The average molecular weight is 301 g/mol. The monoisotopic (exact) mass is 300 g/mol. The number of halogens is 1. The molecule has 0 radical (unpaired) electrons. The van der Waals surface area contributed by atoms with Gasteiger partial charge in [-0.05, 0) is 30.2 Å². The lowest BCUT2D eigenvalue weighted by atomic mass is 9.97. The molecule has 2 N–H and O–H groups in total. The van der Waals surface area contributed by atoms with Crippen LogP contribution in [0, 0.1) is 0 Å². The maximum absolute atomic E-state index is 11.7. The molecule has 1 atom stereocenters. The van der Waals surface area contributed by atoms with Gasteiger partial charge in [0.2, 0.25) is 5.91 Å². The molecule has 0 saturated carbocycles. The zero-order valence-corrected chi connectivity index (χ0v) is 13.3. The van der Waals surface area contributed by atoms with E-state index in [1.165, 1.54) is 0 Å². The van der Waals surface area contributed by atoms with E-state index >= 15 is 0 Å². The standard InChI is InChI=1S/C15H24N2O2.ClH/c1-4-16-9-10-17-15(18)11-12(2)13-5-7-14(19-3)8-6-13;/h5-8,12,16H,4,9-11H2,1-3H3,(H,17,18);1H. The number of hydrogen-bond acceptors (Lipinski definition) is 3. The van der Waals surface area contributed by atoms with Crippen molar-refractivity contribution in [3.05, 3.63) is 29.8 Å². The Bertz CT molecular complexity index is 382. The zero-order valence-electron chi connectivity index (χ0n) is 12.4. The molecule has 0 spiro atoms. The van der Waals surface area contributed by atoms with Crippen molar-refractivity contribution in [2.24, 2.45) is 0 Å². The minimum Gasteiger partial charge on any atom is -0.497 e. The summed E-state index contributed by atoms with van der Waals surface area (Å²) in [6.07, 6.45) is 0.512. The summed E-state index contributed by atoms with van der Waals surface area (Å²) in [5.74, 6) is 1.15. The van der Waals surface area contributed by atoms with Gasteiger partial charge in [-0.3, -0.25) is 4.79 Å². The molecule has 0 bridgehead atoms. The average Bonchev–Trinajstić information content (AvgIpc) is 2.43. The molecule has 114 valence electrons. The minimum absolute atomic E-state index is 0. The predicted octanol–water partition coefficient (Wildman–Crippen LogP) is 2.34. The van der Waals surface area contributed by atoms with Gasteiger partial charge in [-0.25, -0.2) is 0 Å². The van der Waals surface area contributed by atoms with Gasteiger partial charge in [-0.1, -0.05) is 26.0 Å². The lowest BCUT2D eigenvalue weighted by Crippen LogP contribution is -2.32. The lowest BCUT2D eigenvalue weighted by molar-refractivity contribution is -0.121. The van der Waals surface area contributed by atoms with Gasteiger partial charge in [-0.15, -0.1) is 12.4 Å². The third-order valence-electron chi connectivity index (χ3n) is 3.05. The number of nitrogens with one attached hydrogen (secondary N) is 2. The summed E-state index contributed by atoms with van der Waals surface area (Å²) in [7, 11) is 1.65. The summed E-state index contributed by atoms with van der Waals surface area (Å²) < 4.78 is 5.12. The molecule has 0 aliphatic rings. The minimum atomic E-state index is 0. The maximum Gasteiger partial charge on any atom is 0.220 e. The second-order valence-electron chi connectivity index (χ2n) is 4.58. The van der Waals surface area contributed by atoms with E-state index in [9.17, 15) is 4.79 Å². The van der Waals surface area contributed by atoms with Crippen molar-refractivity contribution in [3.8, 4) is 5.75 Å². The Balaban J connectivity index is 0.00000361. The number of ether oxygens (including phenoxy) is 1. The van der Waals surface area contributed by atoms with Crippen molar-refractivity contribution in [3.63, 3.8) is 0 Å². The smallest absolute Gasteiger partial charge is 0.220 e. The Morgan fingerprint density at radius 3 is 2.45 bits per heavy atom. The van der Waals surface area contributed by atoms with Crippen LogP contribution < -0.4 is 15.4 Å².